The molecule has 1 aliphatic rings. The molecule has 0 bridgehead atoms. The van der Waals surface area contributed by atoms with Crippen molar-refractivity contribution in [3.05, 3.63) is 117 Å². The highest BCUT2D eigenvalue weighted by molar-refractivity contribution is 5.90. The summed E-state index contributed by atoms with van der Waals surface area (Å²) in [6, 6.07) is 24.3. The fraction of sp³-hybridized carbons (Fsp3) is 0.306. The maximum atomic E-state index is 13.0. The first-order valence-corrected chi connectivity index (χ1v) is 15.1. The molecule has 0 atom stereocenters. The highest BCUT2D eigenvalue weighted by Crippen LogP contribution is 2.34. The maximum absolute atomic E-state index is 13.0. The number of aromatic nitrogens is 2. The predicted octanol–water partition coefficient (Wildman–Crippen LogP) is 8.18. The number of anilines is 2. The molecule has 0 fully saturated rings. The van der Waals surface area contributed by atoms with Crippen molar-refractivity contribution in [2.24, 2.45) is 0 Å². The van der Waals surface area contributed by atoms with E-state index in [0.29, 0.717) is 5.69 Å². The van der Waals surface area contributed by atoms with Gasteiger partial charge in [0, 0.05) is 17.9 Å². The number of nitrogens with zero attached hydrogens (tertiary/aromatic N) is 2. The molecule has 5 rings (SSSR count). The van der Waals surface area contributed by atoms with Crippen molar-refractivity contribution in [1.82, 2.24) is 9.78 Å². The van der Waals surface area contributed by atoms with Crippen molar-refractivity contribution in [1.29, 1.82) is 0 Å². The van der Waals surface area contributed by atoms with E-state index < -0.39 is 11.5 Å². The standard InChI is InChI=1S/C36H39N3O3/c1-2-3-4-5-6-8-13-27-19-22-30(23-20-27)38-25-12-15-29-26-28(21-24-33(29)38)14-11-18-32-34(36(41)42)37-39(35(32)40)31-16-9-7-10-17-31/h7,9-10,14,16-24,26,37H,2-6,8,12-13,15,25H2,1H3,(H,41,42). The Hall–Kier alpha value is -4.54. The zero-order valence-corrected chi connectivity index (χ0v) is 24.3. The van der Waals surface area contributed by atoms with Crippen LogP contribution in [-0.4, -0.2) is 27.4 Å². The molecule has 216 valence electrons. The van der Waals surface area contributed by atoms with Crippen LogP contribution in [0, 0.1) is 0 Å². The second kappa shape index (κ2) is 13.9. The van der Waals surface area contributed by atoms with Gasteiger partial charge in [-0.2, -0.15) is 0 Å². The number of nitrogens with one attached hydrogen (secondary N) is 1. The normalized spacial score (nSPS) is 12.5. The van der Waals surface area contributed by atoms with E-state index in [1.165, 1.54) is 71.8 Å². The molecule has 0 spiro atoms. The molecule has 1 aliphatic heterocycles. The molecular formula is C36H39N3O3. The van der Waals surface area contributed by atoms with Crippen LogP contribution in [0.25, 0.3) is 17.8 Å². The van der Waals surface area contributed by atoms with Crippen LogP contribution in [0.3, 0.4) is 0 Å². The number of carboxylic acid groups (broad SMARTS) is 1. The average molecular weight is 562 g/mol. The number of para-hydroxylation sites is 1. The van der Waals surface area contributed by atoms with E-state index in [1.54, 1.807) is 30.3 Å². The van der Waals surface area contributed by atoms with Gasteiger partial charge in [0.2, 0.25) is 0 Å². The average Bonchev–Trinajstić information content (AvgIpc) is 3.35. The third-order valence-electron chi connectivity index (χ3n) is 7.92. The Morgan fingerprint density at radius 3 is 2.45 bits per heavy atom. The fourth-order valence-electron chi connectivity index (χ4n) is 5.65. The van der Waals surface area contributed by atoms with Gasteiger partial charge in [0.05, 0.1) is 11.3 Å². The lowest BCUT2D eigenvalue weighted by Crippen LogP contribution is -2.24. The lowest BCUT2D eigenvalue weighted by molar-refractivity contribution is 0.0689. The summed E-state index contributed by atoms with van der Waals surface area (Å²) in [5.74, 6) is -1.20. The lowest BCUT2D eigenvalue weighted by atomic mass is 9.98. The van der Waals surface area contributed by atoms with Crippen molar-refractivity contribution in [2.45, 2.75) is 64.7 Å². The molecule has 6 heteroatoms. The summed E-state index contributed by atoms with van der Waals surface area (Å²) in [6.07, 6.45) is 14.3. The maximum Gasteiger partial charge on any atom is 0.354 e. The number of fused-ring (bicyclic) bond motifs is 1. The number of H-pyrrole nitrogens is 1. The third-order valence-corrected chi connectivity index (χ3v) is 7.92. The molecule has 0 aliphatic carbocycles. The van der Waals surface area contributed by atoms with Crippen molar-refractivity contribution >= 4 is 29.5 Å². The largest absolute Gasteiger partial charge is 0.477 e. The first-order chi connectivity index (χ1) is 20.5. The minimum Gasteiger partial charge on any atom is -0.477 e. The molecule has 0 saturated carbocycles. The first kappa shape index (κ1) is 29.0. The topological polar surface area (TPSA) is 78.3 Å². The monoisotopic (exact) mass is 561 g/mol. The summed E-state index contributed by atoms with van der Waals surface area (Å²) in [4.78, 5) is 27.2. The number of rotatable bonds is 12. The van der Waals surface area contributed by atoms with Gasteiger partial charge in [0.15, 0.2) is 5.69 Å². The molecule has 1 aromatic heterocycles. The van der Waals surface area contributed by atoms with E-state index in [0.717, 1.165) is 31.4 Å². The van der Waals surface area contributed by atoms with Gasteiger partial charge in [-0.1, -0.05) is 75.4 Å². The molecule has 0 unspecified atom stereocenters. The van der Waals surface area contributed by atoms with Gasteiger partial charge in [0.25, 0.3) is 5.56 Å². The minimum absolute atomic E-state index is 0.0617. The van der Waals surface area contributed by atoms with Gasteiger partial charge in [-0.3, -0.25) is 9.89 Å². The van der Waals surface area contributed by atoms with Crippen LogP contribution in [0.2, 0.25) is 0 Å². The van der Waals surface area contributed by atoms with Crippen molar-refractivity contribution < 1.29 is 9.90 Å². The first-order valence-electron chi connectivity index (χ1n) is 15.1. The van der Waals surface area contributed by atoms with Crippen LogP contribution >= 0.6 is 0 Å². The summed E-state index contributed by atoms with van der Waals surface area (Å²) in [7, 11) is 0. The number of carboxylic acids is 1. The Morgan fingerprint density at radius 2 is 1.69 bits per heavy atom. The zero-order valence-electron chi connectivity index (χ0n) is 24.3. The zero-order chi connectivity index (χ0) is 29.3. The van der Waals surface area contributed by atoms with E-state index >= 15 is 0 Å². The number of benzene rings is 3. The van der Waals surface area contributed by atoms with Crippen molar-refractivity contribution in [3.8, 4) is 5.69 Å². The Morgan fingerprint density at radius 1 is 0.929 bits per heavy atom. The molecule has 4 aromatic rings. The summed E-state index contributed by atoms with van der Waals surface area (Å²) >= 11 is 0. The molecular weight excluding hydrogens is 522 g/mol. The van der Waals surface area contributed by atoms with Crippen LogP contribution in [0.1, 0.15) is 84.6 Å². The number of hydrogen-bond donors (Lipinski definition) is 2. The quantitative estimate of drug-likeness (QED) is 0.135. The van der Waals surface area contributed by atoms with Gasteiger partial charge in [-0.25, -0.2) is 9.48 Å². The lowest BCUT2D eigenvalue weighted by Gasteiger charge is -2.31. The number of hydrogen-bond acceptors (Lipinski definition) is 3. The smallest absolute Gasteiger partial charge is 0.354 e. The highest BCUT2D eigenvalue weighted by atomic mass is 16.4. The summed E-state index contributed by atoms with van der Waals surface area (Å²) in [5, 5.41) is 12.4. The summed E-state index contributed by atoms with van der Waals surface area (Å²) in [5.41, 5.74) is 9.15. The Bertz CT molecular complexity index is 1620. The number of aromatic carboxylic acids is 1. The molecule has 0 amide bonds. The van der Waals surface area contributed by atoms with Crippen molar-refractivity contribution in [2.75, 3.05) is 11.4 Å². The molecule has 2 N–H and O–H groups in total. The van der Waals surface area contributed by atoms with Gasteiger partial charge < -0.3 is 10.0 Å². The SMILES string of the molecule is CCCCCCCCc1ccc(N2CCCc3cc(C=C=Cc4c(C(=O)O)[nH]n(-c5ccccc5)c4=O)ccc32)cc1. The molecule has 42 heavy (non-hydrogen) atoms. The Balaban J connectivity index is 1.30. The summed E-state index contributed by atoms with van der Waals surface area (Å²) < 4.78 is 1.24. The van der Waals surface area contributed by atoms with Crippen LogP contribution in [0.5, 0.6) is 0 Å². The predicted molar refractivity (Wildman–Crippen MR) is 171 cm³/mol. The van der Waals surface area contributed by atoms with Gasteiger partial charge in [0.1, 0.15) is 0 Å². The minimum atomic E-state index is -1.20. The van der Waals surface area contributed by atoms with Crippen LogP contribution in [0.15, 0.2) is 83.3 Å². The van der Waals surface area contributed by atoms with Gasteiger partial charge >= 0.3 is 5.97 Å². The molecule has 3 aromatic carbocycles. The van der Waals surface area contributed by atoms with Crippen LogP contribution in [0.4, 0.5) is 11.4 Å². The third kappa shape index (κ3) is 6.84. The number of carbonyl (C=O) groups is 1. The number of unbranched alkanes of at least 4 members (excludes halogenated alkanes) is 5. The Labute approximate surface area is 247 Å². The summed E-state index contributed by atoms with van der Waals surface area (Å²) in [6.45, 7) is 3.24. The van der Waals surface area contributed by atoms with E-state index in [1.807, 2.05) is 12.1 Å². The van der Waals surface area contributed by atoms with Gasteiger partial charge in [-0.15, -0.1) is 5.73 Å². The Kier molecular flexibility index (Phi) is 9.58. The van der Waals surface area contributed by atoms with E-state index in [4.69, 9.17) is 0 Å². The van der Waals surface area contributed by atoms with Crippen molar-refractivity contribution in [3.63, 3.8) is 0 Å². The van der Waals surface area contributed by atoms with E-state index in [-0.39, 0.29) is 11.3 Å². The number of aromatic amines is 1. The van der Waals surface area contributed by atoms with E-state index in [9.17, 15) is 14.7 Å². The molecule has 6 nitrogen and oxygen atoms in total. The number of aryl methyl sites for hydroxylation is 2. The van der Waals surface area contributed by atoms with Crippen LogP contribution < -0.4 is 10.5 Å². The second-order valence-corrected chi connectivity index (χ2v) is 11.0. The molecule has 0 saturated heterocycles. The molecule has 0 radical (unpaired) electrons. The fourth-order valence-corrected chi connectivity index (χ4v) is 5.65. The second-order valence-electron chi connectivity index (χ2n) is 11.0. The highest BCUT2D eigenvalue weighted by Gasteiger charge is 2.19. The molecule has 2 heterocycles. The van der Waals surface area contributed by atoms with Gasteiger partial charge in [-0.05, 0) is 90.9 Å². The van der Waals surface area contributed by atoms with Crippen LogP contribution in [-0.2, 0) is 12.8 Å². The van der Waals surface area contributed by atoms with E-state index in [2.05, 4.69) is 59.1 Å².